The van der Waals surface area contributed by atoms with E-state index in [9.17, 15) is 4.79 Å². The number of unbranched alkanes of at least 4 members (excludes halogenated alkanes) is 2. The van der Waals surface area contributed by atoms with E-state index in [1.807, 2.05) is 0 Å². The fourth-order valence-corrected chi connectivity index (χ4v) is 2.75. The van der Waals surface area contributed by atoms with E-state index in [2.05, 4.69) is 25.1 Å². The Morgan fingerprint density at radius 1 is 1.33 bits per heavy atom. The van der Waals surface area contributed by atoms with Crippen molar-refractivity contribution in [1.29, 1.82) is 0 Å². The molecule has 1 aliphatic carbocycles. The maximum atomic E-state index is 11.0. The van der Waals surface area contributed by atoms with Gasteiger partial charge in [-0.25, -0.2) is 0 Å². The summed E-state index contributed by atoms with van der Waals surface area (Å²) in [6.45, 7) is 2.22. The van der Waals surface area contributed by atoms with Crippen LogP contribution >= 0.6 is 0 Å². The summed E-state index contributed by atoms with van der Waals surface area (Å²) < 4.78 is 0. The molecule has 1 aromatic carbocycles. The Morgan fingerprint density at radius 3 is 2.89 bits per heavy atom. The molecule has 0 aromatic heterocycles. The van der Waals surface area contributed by atoms with Gasteiger partial charge >= 0.3 is 5.97 Å². The molecule has 0 spiro atoms. The van der Waals surface area contributed by atoms with Gasteiger partial charge in [0.05, 0.1) is 5.92 Å². The molecule has 2 nitrogen and oxygen atoms in total. The second kappa shape index (κ2) is 6.03. The van der Waals surface area contributed by atoms with E-state index in [4.69, 9.17) is 5.11 Å². The zero-order valence-corrected chi connectivity index (χ0v) is 11.1. The molecule has 1 N–H and O–H groups in total. The molecule has 0 saturated carbocycles. The molecule has 1 aromatic rings. The van der Waals surface area contributed by atoms with Crippen LogP contribution in [0.3, 0.4) is 0 Å². The Hall–Kier alpha value is -1.31. The SMILES string of the molecule is CCCCCc1ccc2c(c1)CCC(C(=O)O)C2. The molecular weight excluding hydrogens is 224 g/mol. The van der Waals surface area contributed by atoms with Gasteiger partial charge in [-0.15, -0.1) is 0 Å². The summed E-state index contributed by atoms with van der Waals surface area (Å²) >= 11 is 0. The Balaban J connectivity index is 2.03. The Kier molecular flexibility index (Phi) is 4.40. The van der Waals surface area contributed by atoms with Gasteiger partial charge in [0, 0.05) is 0 Å². The van der Waals surface area contributed by atoms with Crippen LogP contribution in [0.15, 0.2) is 18.2 Å². The highest BCUT2D eigenvalue weighted by Crippen LogP contribution is 2.27. The van der Waals surface area contributed by atoms with E-state index >= 15 is 0 Å². The zero-order valence-electron chi connectivity index (χ0n) is 11.1. The van der Waals surface area contributed by atoms with Crippen molar-refractivity contribution in [3.8, 4) is 0 Å². The first-order valence-electron chi connectivity index (χ1n) is 7.04. The minimum absolute atomic E-state index is 0.177. The van der Waals surface area contributed by atoms with Gasteiger partial charge in [-0.3, -0.25) is 4.79 Å². The molecule has 0 saturated heterocycles. The minimum Gasteiger partial charge on any atom is -0.481 e. The zero-order chi connectivity index (χ0) is 13.0. The number of carboxylic acids is 1. The second-order valence-corrected chi connectivity index (χ2v) is 5.34. The molecule has 2 rings (SSSR count). The molecule has 0 fully saturated rings. The van der Waals surface area contributed by atoms with E-state index in [1.165, 1.54) is 36.0 Å². The van der Waals surface area contributed by atoms with Crippen molar-refractivity contribution in [3.63, 3.8) is 0 Å². The number of aliphatic carboxylic acids is 1. The summed E-state index contributed by atoms with van der Waals surface area (Å²) in [4.78, 5) is 11.0. The average molecular weight is 246 g/mol. The molecule has 18 heavy (non-hydrogen) atoms. The van der Waals surface area contributed by atoms with Crippen molar-refractivity contribution in [2.24, 2.45) is 5.92 Å². The topological polar surface area (TPSA) is 37.3 Å². The van der Waals surface area contributed by atoms with Crippen LogP contribution in [-0.2, 0) is 24.1 Å². The lowest BCUT2D eigenvalue weighted by molar-refractivity contribution is -0.142. The second-order valence-electron chi connectivity index (χ2n) is 5.34. The van der Waals surface area contributed by atoms with Gasteiger partial charge in [0.15, 0.2) is 0 Å². The van der Waals surface area contributed by atoms with Crippen molar-refractivity contribution < 1.29 is 9.90 Å². The largest absolute Gasteiger partial charge is 0.481 e. The monoisotopic (exact) mass is 246 g/mol. The van der Waals surface area contributed by atoms with Gasteiger partial charge < -0.3 is 5.11 Å². The molecule has 0 amide bonds. The van der Waals surface area contributed by atoms with Crippen LogP contribution in [-0.4, -0.2) is 11.1 Å². The standard InChI is InChI=1S/C16H22O2/c1-2-3-4-5-12-6-7-14-11-15(16(17)18)9-8-13(14)10-12/h6-7,10,15H,2-5,8-9,11H2,1H3,(H,17,18). The molecule has 0 radical (unpaired) electrons. The van der Waals surface area contributed by atoms with Gasteiger partial charge in [-0.05, 0) is 48.8 Å². The molecule has 1 unspecified atom stereocenters. The third kappa shape index (κ3) is 3.12. The van der Waals surface area contributed by atoms with Gasteiger partial charge in [0.1, 0.15) is 0 Å². The summed E-state index contributed by atoms with van der Waals surface area (Å²) in [6.07, 6.45) is 7.38. The normalized spacial score (nSPS) is 18.4. The number of aryl methyl sites for hydroxylation is 2. The van der Waals surface area contributed by atoms with Gasteiger partial charge in [0.25, 0.3) is 0 Å². The summed E-state index contributed by atoms with van der Waals surface area (Å²) in [5.41, 5.74) is 4.03. The number of fused-ring (bicyclic) bond motifs is 1. The molecule has 1 atom stereocenters. The summed E-state index contributed by atoms with van der Waals surface area (Å²) in [7, 11) is 0. The third-order valence-electron chi connectivity index (χ3n) is 3.92. The van der Waals surface area contributed by atoms with E-state index in [1.54, 1.807) is 0 Å². The summed E-state index contributed by atoms with van der Waals surface area (Å²) in [5, 5.41) is 9.06. The third-order valence-corrected chi connectivity index (χ3v) is 3.92. The van der Waals surface area contributed by atoms with Crippen molar-refractivity contribution >= 4 is 5.97 Å². The van der Waals surface area contributed by atoms with Crippen molar-refractivity contribution in [3.05, 3.63) is 34.9 Å². The van der Waals surface area contributed by atoms with Gasteiger partial charge in [-0.2, -0.15) is 0 Å². The first-order chi connectivity index (χ1) is 8.70. The molecule has 0 heterocycles. The minimum atomic E-state index is -0.646. The Bertz CT molecular complexity index is 423. The number of benzene rings is 1. The van der Waals surface area contributed by atoms with Crippen molar-refractivity contribution in [1.82, 2.24) is 0 Å². The van der Waals surface area contributed by atoms with E-state index in [-0.39, 0.29) is 5.92 Å². The maximum Gasteiger partial charge on any atom is 0.306 e. The lowest BCUT2D eigenvalue weighted by Crippen LogP contribution is -2.22. The number of carboxylic acid groups (broad SMARTS) is 1. The van der Waals surface area contributed by atoms with E-state index < -0.39 is 5.97 Å². The Morgan fingerprint density at radius 2 is 2.17 bits per heavy atom. The molecular formula is C16H22O2. The fraction of sp³-hybridized carbons (Fsp3) is 0.562. The molecule has 0 aliphatic heterocycles. The van der Waals surface area contributed by atoms with Gasteiger partial charge in [-0.1, -0.05) is 38.0 Å². The lowest BCUT2D eigenvalue weighted by Gasteiger charge is -2.22. The van der Waals surface area contributed by atoms with Crippen LogP contribution in [0, 0.1) is 5.92 Å². The molecule has 1 aliphatic rings. The molecule has 2 heteroatoms. The maximum absolute atomic E-state index is 11.0. The highest BCUT2D eigenvalue weighted by atomic mass is 16.4. The Labute approximate surface area is 109 Å². The summed E-state index contributed by atoms with van der Waals surface area (Å²) in [6, 6.07) is 6.62. The van der Waals surface area contributed by atoms with Gasteiger partial charge in [0.2, 0.25) is 0 Å². The smallest absolute Gasteiger partial charge is 0.306 e. The van der Waals surface area contributed by atoms with Crippen LogP contribution in [0.1, 0.15) is 49.3 Å². The quantitative estimate of drug-likeness (QED) is 0.806. The van der Waals surface area contributed by atoms with Crippen LogP contribution in [0.4, 0.5) is 0 Å². The fourth-order valence-electron chi connectivity index (χ4n) is 2.75. The summed E-state index contributed by atoms with van der Waals surface area (Å²) in [5.74, 6) is -0.823. The first-order valence-corrected chi connectivity index (χ1v) is 7.04. The predicted molar refractivity (Wildman–Crippen MR) is 72.8 cm³/mol. The number of hydrogen-bond acceptors (Lipinski definition) is 1. The molecule has 0 bridgehead atoms. The number of hydrogen-bond donors (Lipinski definition) is 1. The van der Waals surface area contributed by atoms with Crippen molar-refractivity contribution in [2.45, 2.75) is 51.9 Å². The predicted octanol–water partition coefficient (Wildman–Crippen LogP) is 3.61. The van der Waals surface area contributed by atoms with Crippen LogP contribution in [0.5, 0.6) is 0 Å². The average Bonchev–Trinajstić information content (AvgIpc) is 2.38. The van der Waals surface area contributed by atoms with Crippen molar-refractivity contribution in [2.75, 3.05) is 0 Å². The van der Waals surface area contributed by atoms with Crippen LogP contribution in [0.2, 0.25) is 0 Å². The lowest BCUT2D eigenvalue weighted by atomic mass is 9.83. The number of rotatable bonds is 5. The van der Waals surface area contributed by atoms with Crippen LogP contribution < -0.4 is 0 Å². The van der Waals surface area contributed by atoms with E-state index in [0.717, 1.165) is 19.3 Å². The number of carbonyl (C=O) groups is 1. The van der Waals surface area contributed by atoms with Crippen LogP contribution in [0.25, 0.3) is 0 Å². The first kappa shape index (κ1) is 13.1. The molecule has 98 valence electrons. The highest BCUT2D eigenvalue weighted by Gasteiger charge is 2.23. The highest BCUT2D eigenvalue weighted by molar-refractivity contribution is 5.71. The van der Waals surface area contributed by atoms with E-state index in [0.29, 0.717) is 6.42 Å².